The van der Waals surface area contributed by atoms with E-state index in [0.717, 1.165) is 0 Å². The van der Waals surface area contributed by atoms with Crippen molar-refractivity contribution in [2.45, 2.75) is 19.5 Å². The lowest BCUT2D eigenvalue weighted by molar-refractivity contribution is -0.385. The monoisotopic (exact) mass is 292 g/mol. The molecule has 0 aliphatic carbocycles. The van der Waals surface area contributed by atoms with Crippen molar-refractivity contribution in [1.82, 2.24) is 5.32 Å². The van der Waals surface area contributed by atoms with E-state index in [-0.39, 0.29) is 11.3 Å². The first-order valence-electron chi connectivity index (χ1n) is 6.38. The number of nitrogens with one attached hydrogen (secondary N) is 1. The van der Waals surface area contributed by atoms with Crippen LogP contribution in [0, 0.1) is 10.1 Å². The van der Waals surface area contributed by atoms with Gasteiger partial charge in [-0.3, -0.25) is 10.1 Å². The summed E-state index contributed by atoms with van der Waals surface area (Å²) in [5.41, 5.74) is 1.30. The molecule has 0 fully saturated rings. The topological polar surface area (TPSA) is 55.2 Å². The van der Waals surface area contributed by atoms with Gasteiger partial charge in [-0.05, 0) is 11.6 Å². The van der Waals surface area contributed by atoms with Gasteiger partial charge in [-0.15, -0.1) is 0 Å². The van der Waals surface area contributed by atoms with E-state index in [2.05, 4.69) is 5.32 Å². The molecule has 2 aromatic rings. The quantitative estimate of drug-likeness (QED) is 0.650. The Labute approximate surface area is 120 Å². The Morgan fingerprint density at radius 1 is 1.10 bits per heavy atom. The van der Waals surface area contributed by atoms with E-state index >= 15 is 0 Å². The van der Waals surface area contributed by atoms with Crippen LogP contribution in [0.4, 0.5) is 14.5 Å². The standard InChI is InChI=1S/C15H14F2N2O2/c16-15(17)12-6-3-4-11(8-12)9-18-10-13-5-1-2-7-14(13)19(20)21/h1-8,15,18H,9-10H2. The molecular weight excluding hydrogens is 278 g/mol. The fraction of sp³-hybridized carbons (Fsp3) is 0.200. The van der Waals surface area contributed by atoms with Gasteiger partial charge < -0.3 is 5.32 Å². The minimum atomic E-state index is -2.50. The highest BCUT2D eigenvalue weighted by Crippen LogP contribution is 2.20. The zero-order chi connectivity index (χ0) is 15.2. The Morgan fingerprint density at radius 3 is 2.57 bits per heavy atom. The summed E-state index contributed by atoms with van der Waals surface area (Å²) in [7, 11) is 0. The zero-order valence-electron chi connectivity index (χ0n) is 11.1. The van der Waals surface area contributed by atoms with Gasteiger partial charge in [-0.25, -0.2) is 8.78 Å². The predicted molar refractivity (Wildman–Crippen MR) is 75.0 cm³/mol. The van der Waals surface area contributed by atoms with Gasteiger partial charge in [0.2, 0.25) is 0 Å². The van der Waals surface area contributed by atoms with Gasteiger partial charge in [0.15, 0.2) is 0 Å². The minimum absolute atomic E-state index is 0.0278. The Hall–Kier alpha value is -2.34. The van der Waals surface area contributed by atoms with Crippen molar-refractivity contribution in [2.75, 3.05) is 0 Å². The fourth-order valence-electron chi connectivity index (χ4n) is 2.02. The molecule has 110 valence electrons. The molecule has 0 aliphatic heterocycles. The molecule has 0 aromatic heterocycles. The lowest BCUT2D eigenvalue weighted by Crippen LogP contribution is -2.14. The summed E-state index contributed by atoms with van der Waals surface area (Å²) in [6.07, 6.45) is -2.50. The van der Waals surface area contributed by atoms with Crippen LogP contribution >= 0.6 is 0 Å². The molecule has 0 atom stereocenters. The maximum absolute atomic E-state index is 12.6. The third kappa shape index (κ3) is 4.06. The molecule has 0 radical (unpaired) electrons. The zero-order valence-corrected chi connectivity index (χ0v) is 11.1. The maximum Gasteiger partial charge on any atom is 0.273 e. The highest BCUT2D eigenvalue weighted by molar-refractivity contribution is 5.39. The second kappa shape index (κ2) is 6.90. The molecule has 0 saturated heterocycles. The number of nitro groups is 1. The van der Waals surface area contributed by atoms with Crippen molar-refractivity contribution in [3.8, 4) is 0 Å². The summed E-state index contributed by atoms with van der Waals surface area (Å²) in [4.78, 5) is 10.4. The molecule has 21 heavy (non-hydrogen) atoms. The summed E-state index contributed by atoms with van der Waals surface area (Å²) in [5, 5.41) is 13.9. The van der Waals surface area contributed by atoms with Crippen molar-refractivity contribution >= 4 is 5.69 Å². The molecule has 0 amide bonds. The van der Waals surface area contributed by atoms with Crippen LogP contribution in [0.5, 0.6) is 0 Å². The number of hydrogen-bond donors (Lipinski definition) is 1. The molecule has 2 aromatic carbocycles. The van der Waals surface area contributed by atoms with Gasteiger partial charge in [-0.1, -0.05) is 36.4 Å². The SMILES string of the molecule is O=[N+]([O-])c1ccccc1CNCc1cccc(C(F)F)c1. The Kier molecular flexibility index (Phi) is 4.94. The molecule has 0 saturated carbocycles. The Morgan fingerprint density at radius 2 is 1.86 bits per heavy atom. The number of hydrogen-bond acceptors (Lipinski definition) is 3. The highest BCUT2D eigenvalue weighted by Gasteiger charge is 2.11. The number of benzene rings is 2. The molecule has 4 nitrogen and oxygen atoms in total. The second-order valence-corrected chi connectivity index (χ2v) is 4.54. The molecule has 0 bridgehead atoms. The fourth-order valence-corrected chi connectivity index (χ4v) is 2.02. The molecule has 0 heterocycles. The average molecular weight is 292 g/mol. The molecule has 0 aliphatic rings. The third-order valence-electron chi connectivity index (χ3n) is 3.04. The van der Waals surface area contributed by atoms with Crippen molar-refractivity contribution in [2.24, 2.45) is 0 Å². The minimum Gasteiger partial charge on any atom is -0.308 e. The van der Waals surface area contributed by atoms with E-state index in [1.165, 1.54) is 18.2 Å². The number of nitrogens with zero attached hydrogens (tertiary/aromatic N) is 1. The van der Waals surface area contributed by atoms with E-state index in [1.54, 1.807) is 30.3 Å². The normalized spacial score (nSPS) is 10.8. The van der Waals surface area contributed by atoms with Crippen molar-refractivity contribution in [3.63, 3.8) is 0 Å². The number of para-hydroxylation sites is 1. The molecule has 6 heteroatoms. The van der Waals surface area contributed by atoms with Crippen molar-refractivity contribution < 1.29 is 13.7 Å². The van der Waals surface area contributed by atoms with Crippen LogP contribution in [0.2, 0.25) is 0 Å². The summed E-state index contributed by atoms with van der Waals surface area (Å²) in [6.45, 7) is 0.669. The van der Waals surface area contributed by atoms with E-state index < -0.39 is 11.3 Å². The van der Waals surface area contributed by atoms with E-state index in [9.17, 15) is 18.9 Å². The molecule has 0 unspecified atom stereocenters. The van der Waals surface area contributed by atoms with Gasteiger partial charge in [0.25, 0.3) is 12.1 Å². The summed E-state index contributed by atoms with van der Waals surface area (Å²) in [6, 6.07) is 12.5. The molecule has 2 rings (SSSR count). The maximum atomic E-state index is 12.6. The lowest BCUT2D eigenvalue weighted by Gasteiger charge is -2.07. The number of halogens is 2. The van der Waals surface area contributed by atoms with Crippen LogP contribution in [0.25, 0.3) is 0 Å². The van der Waals surface area contributed by atoms with E-state index in [4.69, 9.17) is 0 Å². The average Bonchev–Trinajstić information content (AvgIpc) is 2.48. The first-order chi connectivity index (χ1) is 10.1. The number of alkyl halides is 2. The van der Waals surface area contributed by atoms with Gasteiger partial charge in [0.1, 0.15) is 0 Å². The predicted octanol–water partition coefficient (Wildman–Crippen LogP) is 3.82. The van der Waals surface area contributed by atoms with E-state index in [1.807, 2.05) is 0 Å². The van der Waals surface area contributed by atoms with Gasteiger partial charge in [0.05, 0.1) is 4.92 Å². The van der Waals surface area contributed by atoms with Crippen LogP contribution in [-0.4, -0.2) is 4.92 Å². The van der Waals surface area contributed by atoms with Gasteiger partial charge in [-0.2, -0.15) is 0 Å². The first-order valence-corrected chi connectivity index (χ1v) is 6.38. The third-order valence-corrected chi connectivity index (χ3v) is 3.04. The van der Waals surface area contributed by atoms with Crippen molar-refractivity contribution in [1.29, 1.82) is 0 Å². The van der Waals surface area contributed by atoms with Crippen LogP contribution in [0.15, 0.2) is 48.5 Å². The number of rotatable bonds is 6. The van der Waals surface area contributed by atoms with Crippen LogP contribution in [0.1, 0.15) is 23.1 Å². The van der Waals surface area contributed by atoms with E-state index in [0.29, 0.717) is 24.2 Å². The smallest absolute Gasteiger partial charge is 0.273 e. The summed E-state index contributed by atoms with van der Waals surface area (Å²) >= 11 is 0. The van der Waals surface area contributed by atoms with Crippen LogP contribution in [-0.2, 0) is 13.1 Å². The van der Waals surface area contributed by atoms with Crippen molar-refractivity contribution in [3.05, 3.63) is 75.3 Å². The Balaban J connectivity index is 1.99. The molecular formula is C15H14F2N2O2. The lowest BCUT2D eigenvalue weighted by atomic mass is 10.1. The van der Waals surface area contributed by atoms with Crippen LogP contribution < -0.4 is 5.32 Å². The highest BCUT2D eigenvalue weighted by atomic mass is 19.3. The molecule has 0 spiro atoms. The second-order valence-electron chi connectivity index (χ2n) is 4.54. The van der Waals surface area contributed by atoms with Gasteiger partial charge in [0, 0.05) is 30.3 Å². The van der Waals surface area contributed by atoms with Crippen LogP contribution in [0.3, 0.4) is 0 Å². The summed E-state index contributed by atoms with van der Waals surface area (Å²) in [5.74, 6) is 0. The Bertz CT molecular complexity index is 633. The number of nitro benzene ring substituents is 1. The molecule has 1 N–H and O–H groups in total. The summed E-state index contributed by atoms with van der Waals surface area (Å²) < 4.78 is 25.2. The largest absolute Gasteiger partial charge is 0.308 e. The van der Waals surface area contributed by atoms with Gasteiger partial charge >= 0.3 is 0 Å². The first kappa shape index (κ1) is 15.1.